The van der Waals surface area contributed by atoms with Crippen LogP contribution in [-0.4, -0.2) is 24.1 Å². The van der Waals surface area contributed by atoms with Gasteiger partial charge in [0.1, 0.15) is 0 Å². The van der Waals surface area contributed by atoms with Crippen LogP contribution in [0.3, 0.4) is 0 Å². The second-order valence-corrected chi connectivity index (χ2v) is 6.42. The highest BCUT2D eigenvalue weighted by atomic mass is 16.5. The van der Waals surface area contributed by atoms with Crippen molar-refractivity contribution in [2.45, 2.75) is 25.4 Å². The number of H-pyrrole nitrogens is 1. The van der Waals surface area contributed by atoms with Crippen molar-refractivity contribution in [1.82, 2.24) is 4.98 Å². The molecule has 2 aromatic carbocycles. The topological polar surface area (TPSA) is 58.7 Å². The lowest BCUT2D eigenvalue weighted by Crippen LogP contribution is -2.94. The lowest BCUT2D eigenvalue weighted by atomic mass is 9.88. The van der Waals surface area contributed by atoms with Gasteiger partial charge in [0, 0.05) is 22.9 Å². The molecule has 3 N–H and O–H groups in total. The molecule has 122 valence electrons. The number of ether oxygens (including phenoxy) is 1. The summed E-state index contributed by atoms with van der Waals surface area (Å²) in [6.07, 6.45) is 0.689. The maximum Gasteiger partial charge on any atom is 0.364 e. The molecule has 0 spiro atoms. The first-order valence-electron chi connectivity index (χ1n) is 8.27. The van der Waals surface area contributed by atoms with E-state index in [2.05, 4.69) is 47.6 Å². The Bertz CT molecular complexity index is 913. The number of methoxy groups -OCH3 is 1. The molecule has 4 nitrogen and oxygen atoms in total. The molecule has 24 heavy (non-hydrogen) atoms. The molecule has 0 saturated carbocycles. The molecule has 1 aliphatic rings. The number of nitrogens with one attached hydrogen (secondary N) is 1. The van der Waals surface area contributed by atoms with Gasteiger partial charge in [0.15, 0.2) is 12.1 Å². The fourth-order valence-corrected chi connectivity index (χ4v) is 3.83. The second-order valence-electron chi connectivity index (χ2n) is 6.42. The Labute approximate surface area is 140 Å². The van der Waals surface area contributed by atoms with Crippen molar-refractivity contribution in [3.8, 4) is 0 Å². The first kappa shape index (κ1) is 15.0. The predicted molar refractivity (Wildman–Crippen MR) is 92.8 cm³/mol. The number of benzene rings is 2. The molecule has 0 unspecified atom stereocenters. The molecule has 4 heteroatoms. The zero-order valence-corrected chi connectivity index (χ0v) is 13.9. The van der Waals surface area contributed by atoms with Crippen molar-refractivity contribution in [2.75, 3.05) is 7.11 Å². The van der Waals surface area contributed by atoms with Crippen LogP contribution < -0.4 is 5.32 Å². The number of aryl methyl sites for hydroxylation is 1. The Balaban J connectivity index is 1.90. The molecule has 2 heterocycles. The van der Waals surface area contributed by atoms with Crippen molar-refractivity contribution in [3.05, 3.63) is 70.9 Å². The standard InChI is InChI=1S/C20H20N2O2/c1-12-7-3-4-8-13(12)18-19-15(11-17(22-18)20(23)24-2)14-9-5-6-10-16(14)21-19/h3-10,17-18,21-22H,11H2,1-2H3/p+1/t17-,18+/m1/s1. The smallest absolute Gasteiger partial charge is 0.364 e. The van der Waals surface area contributed by atoms with Gasteiger partial charge in [0.05, 0.1) is 12.8 Å². The predicted octanol–water partition coefficient (Wildman–Crippen LogP) is 2.23. The SMILES string of the molecule is COC(=O)[C@H]1Cc2c([nH]c3ccccc23)[C@H](c2ccccc2C)[NH2+]1. The van der Waals surface area contributed by atoms with E-state index in [9.17, 15) is 4.79 Å². The van der Waals surface area contributed by atoms with E-state index in [-0.39, 0.29) is 18.1 Å². The van der Waals surface area contributed by atoms with Crippen LogP contribution in [0.2, 0.25) is 0 Å². The van der Waals surface area contributed by atoms with Crippen LogP contribution >= 0.6 is 0 Å². The number of para-hydroxylation sites is 1. The quantitative estimate of drug-likeness (QED) is 0.711. The molecular formula is C20H21N2O2+. The van der Waals surface area contributed by atoms with Crippen LogP contribution in [0.4, 0.5) is 0 Å². The van der Waals surface area contributed by atoms with E-state index >= 15 is 0 Å². The van der Waals surface area contributed by atoms with E-state index in [0.717, 1.165) is 5.52 Å². The van der Waals surface area contributed by atoms with Gasteiger partial charge in [0.2, 0.25) is 0 Å². The third kappa shape index (κ3) is 2.31. The summed E-state index contributed by atoms with van der Waals surface area (Å²) >= 11 is 0. The molecule has 2 atom stereocenters. The van der Waals surface area contributed by atoms with Crippen LogP contribution in [0.1, 0.15) is 28.4 Å². The van der Waals surface area contributed by atoms with Gasteiger partial charge in [-0.15, -0.1) is 0 Å². The minimum absolute atomic E-state index is 0.0754. The number of rotatable bonds is 2. The first-order chi connectivity index (χ1) is 11.7. The average Bonchev–Trinajstić information content (AvgIpc) is 2.99. The minimum Gasteiger partial charge on any atom is -0.465 e. The molecule has 0 radical (unpaired) electrons. The van der Waals surface area contributed by atoms with Gasteiger partial charge in [-0.2, -0.15) is 0 Å². The third-order valence-electron chi connectivity index (χ3n) is 5.03. The summed E-state index contributed by atoms with van der Waals surface area (Å²) in [5, 5.41) is 3.33. The fourth-order valence-electron chi connectivity index (χ4n) is 3.83. The number of carbonyl (C=O) groups is 1. The summed E-state index contributed by atoms with van der Waals surface area (Å²) < 4.78 is 5.03. The largest absolute Gasteiger partial charge is 0.465 e. The van der Waals surface area contributed by atoms with Crippen molar-refractivity contribution >= 4 is 16.9 Å². The fraction of sp³-hybridized carbons (Fsp3) is 0.250. The van der Waals surface area contributed by atoms with Gasteiger partial charge in [-0.05, 0) is 24.1 Å². The van der Waals surface area contributed by atoms with Gasteiger partial charge < -0.3 is 15.0 Å². The number of fused-ring (bicyclic) bond motifs is 3. The van der Waals surface area contributed by atoms with Gasteiger partial charge in [0.25, 0.3) is 0 Å². The van der Waals surface area contributed by atoms with E-state index in [4.69, 9.17) is 4.74 Å². The summed E-state index contributed by atoms with van der Waals surface area (Å²) in [5.41, 5.74) is 6.02. The van der Waals surface area contributed by atoms with Crippen LogP contribution in [0.25, 0.3) is 10.9 Å². The Hall–Kier alpha value is -2.59. The number of hydrogen-bond donors (Lipinski definition) is 2. The number of aromatic nitrogens is 1. The molecule has 1 aromatic heterocycles. The molecular weight excluding hydrogens is 300 g/mol. The zero-order valence-electron chi connectivity index (χ0n) is 13.9. The van der Waals surface area contributed by atoms with Gasteiger partial charge in [-0.25, -0.2) is 4.79 Å². The average molecular weight is 321 g/mol. The summed E-state index contributed by atoms with van der Waals surface area (Å²) in [5.74, 6) is -0.162. The van der Waals surface area contributed by atoms with Crippen LogP contribution in [0, 0.1) is 6.92 Å². The Morgan fingerprint density at radius 3 is 2.71 bits per heavy atom. The number of nitrogens with two attached hydrogens (primary N) is 1. The molecule has 0 aliphatic carbocycles. The molecule has 0 saturated heterocycles. The highest BCUT2D eigenvalue weighted by Crippen LogP contribution is 2.32. The van der Waals surface area contributed by atoms with E-state index in [1.54, 1.807) is 0 Å². The van der Waals surface area contributed by atoms with E-state index < -0.39 is 0 Å². The van der Waals surface area contributed by atoms with Crippen LogP contribution in [0.5, 0.6) is 0 Å². The van der Waals surface area contributed by atoms with E-state index in [1.807, 2.05) is 18.2 Å². The Kier molecular flexibility index (Phi) is 3.62. The number of aromatic amines is 1. The van der Waals surface area contributed by atoms with Gasteiger partial charge >= 0.3 is 5.97 Å². The van der Waals surface area contributed by atoms with Gasteiger partial charge in [-0.1, -0.05) is 42.5 Å². The Morgan fingerprint density at radius 2 is 1.92 bits per heavy atom. The zero-order chi connectivity index (χ0) is 16.7. The summed E-state index contributed by atoms with van der Waals surface area (Å²) in [4.78, 5) is 15.8. The van der Waals surface area contributed by atoms with E-state index in [1.165, 1.54) is 34.9 Å². The lowest BCUT2D eigenvalue weighted by molar-refractivity contribution is -0.712. The van der Waals surface area contributed by atoms with Crippen molar-refractivity contribution < 1.29 is 14.8 Å². The van der Waals surface area contributed by atoms with Crippen molar-refractivity contribution in [1.29, 1.82) is 0 Å². The highest BCUT2D eigenvalue weighted by molar-refractivity contribution is 5.86. The van der Waals surface area contributed by atoms with Crippen molar-refractivity contribution in [3.63, 3.8) is 0 Å². The number of carbonyl (C=O) groups excluding carboxylic acids is 1. The summed E-state index contributed by atoms with van der Waals surface area (Å²) in [6.45, 7) is 2.12. The highest BCUT2D eigenvalue weighted by Gasteiger charge is 2.38. The molecule has 1 aliphatic heterocycles. The maximum absolute atomic E-state index is 12.2. The van der Waals surface area contributed by atoms with Crippen LogP contribution in [-0.2, 0) is 16.0 Å². The summed E-state index contributed by atoms with van der Waals surface area (Å²) in [6, 6.07) is 16.5. The molecule has 0 bridgehead atoms. The minimum atomic E-state index is -0.216. The van der Waals surface area contributed by atoms with Crippen molar-refractivity contribution in [2.24, 2.45) is 0 Å². The van der Waals surface area contributed by atoms with Gasteiger partial charge in [-0.3, -0.25) is 0 Å². The molecule has 0 fully saturated rings. The third-order valence-corrected chi connectivity index (χ3v) is 5.03. The molecule has 4 rings (SSSR count). The lowest BCUT2D eigenvalue weighted by Gasteiger charge is -2.27. The monoisotopic (exact) mass is 321 g/mol. The Morgan fingerprint density at radius 1 is 1.17 bits per heavy atom. The molecule has 0 amide bonds. The summed E-state index contributed by atoms with van der Waals surface area (Å²) in [7, 11) is 1.46. The molecule has 3 aromatic rings. The second kappa shape index (κ2) is 5.80. The van der Waals surface area contributed by atoms with E-state index in [0.29, 0.717) is 6.42 Å². The number of quaternary nitrogens is 1. The first-order valence-corrected chi connectivity index (χ1v) is 8.27. The van der Waals surface area contributed by atoms with Crippen LogP contribution in [0.15, 0.2) is 48.5 Å². The normalized spacial score (nSPS) is 19.9. The maximum atomic E-state index is 12.2. The number of hydrogen-bond acceptors (Lipinski definition) is 2. The number of esters is 1.